The summed E-state index contributed by atoms with van der Waals surface area (Å²) in [5.74, 6) is 6.04. The Morgan fingerprint density at radius 3 is 3.05 bits per heavy atom. The molecule has 0 aliphatic heterocycles. The van der Waals surface area contributed by atoms with Gasteiger partial charge < -0.3 is 9.84 Å². The molecule has 0 unspecified atom stereocenters. The fourth-order valence-corrected chi connectivity index (χ4v) is 2.14. The predicted octanol–water partition coefficient (Wildman–Crippen LogP) is 2.14. The number of carbonyl (C=O) groups is 1. The maximum absolute atomic E-state index is 12.1. The standard InChI is InChI=1S/C15H14N2O3S/c1-20-13-6-5-12(10-11(13)4-2-3-8-18)14(19)17-15-16-7-9-21-15/h5-7,9-10,18H,3,8H2,1H3,(H,16,17,19). The monoisotopic (exact) mass is 302 g/mol. The smallest absolute Gasteiger partial charge is 0.257 e. The van der Waals surface area contributed by atoms with Gasteiger partial charge >= 0.3 is 0 Å². The number of aliphatic hydroxyl groups excluding tert-OH is 1. The van der Waals surface area contributed by atoms with Gasteiger partial charge in [0.1, 0.15) is 5.75 Å². The number of hydrogen-bond donors (Lipinski definition) is 2. The summed E-state index contributed by atoms with van der Waals surface area (Å²) in [6.07, 6.45) is 2.00. The van der Waals surface area contributed by atoms with Gasteiger partial charge in [-0.25, -0.2) is 4.98 Å². The highest BCUT2D eigenvalue weighted by Crippen LogP contribution is 2.20. The molecule has 1 aromatic heterocycles. The maximum Gasteiger partial charge on any atom is 0.257 e. The highest BCUT2D eigenvalue weighted by atomic mass is 32.1. The van der Waals surface area contributed by atoms with E-state index in [1.807, 2.05) is 0 Å². The van der Waals surface area contributed by atoms with Crippen LogP contribution < -0.4 is 10.1 Å². The van der Waals surface area contributed by atoms with Crippen LogP contribution in [0.1, 0.15) is 22.3 Å². The highest BCUT2D eigenvalue weighted by Gasteiger charge is 2.10. The van der Waals surface area contributed by atoms with E-state index in [4.69, 9.17) is 9.84 Å². The number of rotatable bonds is 4. The van der Waals surface area contributed by atoms with Crippen LogP contribution in [0.25, 0.3) is 0 Å². The number of aromatic nitrogens is 1. The third-order valence-electron chi connectivity index (χ3n) is 2.57. The fourth-order valence-electron chi connectivity index (χ4n) is 1.61. The number of nitrogens with zero attached hydrogens (tertiary/aromatic N) is 1. The molecule has 1 heterocycles. The van der Waals surface area contributed by atoms with Gasteiger partial charge in [0.05, 0.1) is 19.3 Å². The summed E-state index contributed by atoms with van der Waals surface area (Å²) < 4.78 is 5.21. The minimum Gasteiger partial charge on any atom is -0.495 e. The van der Waals surface area contributed by atoms with Gasteiger partial charge in [0.15, 0.2) is 5.13 Å². The van der Waals surface area contributed by atoms with Gasteiger partial charge in [-0.2, -0.15) is 0 Å². The zero-order valence-corrected chi connectivity index (χ0v) is 12.2. The molecule has 2 aromatic rings. The van der Waals surface area contributed by atoms with Gasteiger partial charge in [-0.3, -0.25) is 10.1 Å². The number of anilines is 1. The van der Waals surface area contributed by atoms with Crippen molar-refractivity contribution in [1.29, 1.82) is 0 Å². The summed E-state index contributed by atoms with van der Waals surface area (Å²) in [6.45, 7) is -0.000457. The Morgan fingerprint density at radius 2 is 2.38 bits per heavy atom. The van der Waals surface area contributed by atoms with Crippen molar-refractivity contribution in [3.05, 3.63) is 40.9 Å². The molecule has 1 aromatic carbocycles. The molecule has 5 nitrogen and oxygen atoms in total. The van der Waals surface area contributed by atoms with Gasteiger partial charge in [-0.05, 0) is 18.2 Å². The topological polar surface area (TPSA) is 71.5 Å². The van der Waals surface area contributed by atoms with Crippen molar-refractivity contribution in [2.24, 2.45) is 0 Å². The third kappa shape index (κ3) is 4.05. The lowest BCUT2D eigenvalue weighted by Gasteiger charge is -2.06. The van der Waals surface area contributed by atoms with Crippen molar-refractivity contribution in [1.82, 2.24) is 4.98 Å². The van der Waals surface area contributed by atoms with E-state index >= 15 is 0 Å². The van der Waals surface area contributed by atoms with Crippen LogP contribution in [0.2, 0.25) is 0 Å². The third-order valence-corrected chi connectivity index (χ3v) is 3.26. The number of carbonyl (C=O) groups excluding carboxylic acids is 1. The summed E-state index contributed by atoms with van der Waals surface area (Å²) >= 11 is 1.35. The number of aliphatic hydroxyl groups is 1. The van der Waals surface area contributed by atoms with Crippen LogP contribution in [0.5, 0.6) is 5.75 Å². The Hall–Kier alpha value is -2.36. The Bertz CT molecular complexity index is 672. The maximum atomic E-state index is 12.1. The summed E-state index contributed by atoms with van der Waals surface area (Å²) in [6, 6.07) is 5.02. The first-order chi connectivity index (χ1) is 10.2. The van der Waals surface area contributed by atoms with Gasteiger partial charge in [-0.1, -0.05) is 11.8 Å². The molecule has 0 atom stereocenters. The lowest BCUT2D eigenvalue weighted by Crippen LogP contribution is -2.11. The summed E-state index contributed by atoms with van der Waals surface area (Å²) in [7, 11) is 1.54. The van der Waals surface area contributed by atoms with Gasteiger partial charge in [0, 0.05) is 23.6 Å². The zero-order valence-electron chi connectivity index (χ0n) is 11.4. The molecule has 21 heavy (non-hydrogen) atoms. The van der Waals surface area contributed by atoms with Crippen molar-refractivity contribution in [3.8, 4) is 17.6 Å². The number of nitrogens with one attached hydrogen (secondary N) is 1. The van der Waals surface area contributed by atoms with Crippen LogP contribution in [0.3, 0.4) is 0 Å². The molecule has 0 bridgehead atoms. The molecule has 0 spiro atoms. The molecule has 2 rings (SSSR count). The largest absolute Gasteiger partial charge is 0.495 e. The van der Waals surface area contributed by atoms with Crippen molar-refractivity contribution in [3.63, 3.8) is 0 Å². The van der Waals surface area contributed by atoms with Crippen molar-refractivity contribution in [2.75, 3.05) is 19.0 Å². The molecule has 0 aliphatic carbocycles. The van der Waals surface area contributed by atoms with Crippen LogP contribution in [0.15, 0.2) is 29.8 Å². The summed E-state index contributed by atoms with van der Waals surface area (Å²) in [5.41, 5.74) is 1.08. The van der Waals surface area contributed by atoms with E-state index < -0.39 is 0 Å². The van der Waals surface area contributed by atoms with Gasteiger partial charge in [0.25, 0.3) is 5.91 Å². The Morgan fingerprint density at radius 1 is 1.52 bits per heavy atom. The van der Waals surface area contributed by atoms with Crippen LogP contribution in [0, 0.1) is 11.8 Å². The van der Waals surface area contributed by atoms with Crippen molar-refractivity contribution < 1.29 is 14.6 Å². The quantitative estimate of drug-likeness (QED) is 0.849. The van der Waals surface area contributed by atoms with Crippen molar-refractivity contribution in [2.45, 2.75) is 6.42 Å². The average molecular weight is 302 g/mol. The second-order valence-corrected chi connectivity index (χ2v) is 4.88. The number of hydrogen-bond acceptors (Lipinski definition) is 5. The molecule has 108 valence electrons. The number of methoxy groups -OCH3 is 1. The first-order valence-electron chi connectivity index (χ1n) is 6.23. The van der Waals surface area contributed by atoms with E-state index in [-0.39, 0.29) is 12.5 Å². The molecular formula is C15H14N2O3S. The van der Waals surface area contributed by atoms with E-state index in [1.165, 1.54) is 11.3 Å². The first kappa shape index (κ1) is 15.0. The number of benzene rings is 1. The van der Waals surface area contributed by atoms with Crippen LogP contribution in [-0.2, 0) is 0 Å². The molecule has 2 N–H and O–H groups in total. The Labute approximate surface area is 126 Å². The zero-order chi connectivity index (χ0) is 15.1. The molecular weight excluding hydrogens is 288 g/mol. The van der Waals surface area contributed by atoms with E-state index in [0.29, 0.717) is 28.4 Å². The fraction of sp³-hybridized carbons (Fsp3) is 0.200. The molecule has 0 saturated carbocycles. The van der Waals surface area contributed by atoms with E-state index in [1.54, 1.807) is 36.9 Å². The second-order valence-electron chi connectivity index (χ2n) is 3.98. The molecule has 0 fully saturated rings. The number of ether oxygens (including phenoxy) is 1. The normalized spacial score (nSPS) is 9.62. The van der Waals surface area contributed by atoms with Gasteiger partial charge in [0.2, 0.25) is 0 Å². The Kier molecular flexibility index (Phi) is 5.32. The molecule has 6 heteroatoms. The van der Waals surface area contributed by atoms with E-state index in [0.717, 1.165) is 0 Å². The lowest BCUT2D eigenvalue weighted by atomic mass is 10.1. The van der Waals surface area contributed by atoms with Gasteiger partial charge in [-0.15, -0.1) is 11.3 Å². The molecule has 0 radical (unpaired) electrons. The number of thiazole rings is 1. The minimum absolute atomic E-state index is 0.000457. The minimum atomic E-state index is -0.252. The predicted molar refractivity (Wildman–Crippen MR) is 81.6 cm³/mol. The van der Waals surface area contributed by atoms with Crippen LogP contribution in [0.4, 0.5) is 5.13 Å². The first-order valence-corrected chi connectivity index (χ1v) is 7.11. The summed E-state index contributed by atoms with van der Waals surface area (Å²) in [4.78, 5) is 16.1. The van der Waals surface area contributed by atoms with Crippen molar-refractivity contribution >= 4 is 22.4 Å². The Balaban J connectivity index is 2.22. The SMILES string of the molecule is COc1ccc(C(=O)Nc2nccs2)cc1C#CCCO. The lowest BCUT2D eigenvalue weighted by molar-refractivity contribution is 0.102. The molecule has 1 amide bonds. The molecule has 0 aliphatic rings. The van der Waals surface area contributed by atoms with E-state index in [9.17, 15) is 4.79 Å². The second kappa shape index (κ2) is 7.43. The highest BCUT2D eigenvalue weighted by molar-refractivity contribution is 7.13. The van der Waals surface area contributed by atoms with E-state index in [2.05, 4.69) is 22.1 Å². The molecule has 0 saturated heterocycles. The average Bonchev–Trinajstić information content (AvgIpc) is 3.00. The van der Waals surface area contributed by atoms with Crippen LogP contribution >= 0.6 is 11.3 Å². The number of amides is 1. The van der Waals surface area contributed by atoms with Crippen LogP contribution in [-0.4, -0.2) is 29.7 Å². The summed E-state index contributed by atoms with van der Waals surface area (Å²) in [5, 5.41) is 13.8.